The first-order valence-electron chi connectivity index (χ1n) is 7.45. The van der Waals surface area contributed by atoms with Gasteiger partial charge in [-0.1, -0.05) is 6.42 Å². The molecule has 0 unspecified atom stereocenters. The summed E-state index contributed by atoms with van der Waals surface area (Å²) in [6, 6.07) is 2.53. The summed E-state index contributed by atoms with van der Waals surface area (Å²) in [6.07, 6.45) is 4.35. The van der Waals surface area contributed by atoms with Crippen LogP contribution in [0.5, 0.6) is 0 Å². The van der Waals surface area contributed by atoms with E-state index in [0.717, 1.165) is 25.3 Å². The predicted octanol–water partition coefficient (Wildman–Crippen LogP) is 1.66. The third-order valence-corrected chi connectivity index (χ3v) is 4.93. The quantitative estimate of drug-likeness (QED) is 0.918. The van der Waals surface area contributed by atoms with E-state index in [4.69, 9.17) is 4.74 Å². The largest absolute Gasteiger partial charge is 0.378 e. The van der Waals surface area contributed by atoms with Gasteiger partial charge >= 0.3 is 0 Å². The zero-order valence-electron chi connectivity index (χ0n) is 11.7. The van der Waals surface area contributed by atoms with E-state index >= 15 is 0 Å². The van der Waals surface area contributed by atoms with Gasteiger partial charge in [0, 0.05) is 0 Å². The normalized spacial score (nSPS) is 27.6. The Morgan fingerprint density at radius 3 is 2.95 bits per heavy atom. The fraction of sp³-hybridized carbons (Fsp3) is 0.667. The average molecular weight is 294 g/mol. The van der Waals surface area contributed by atoms with Crippen LogP contribution >= 0.6 is 11.3 Å². The lowest BCUT2D eigenvalue weighted by Gasteiger charge is -2.34. The van der Waals surface area contributed by atoms with E-state index in [1.54, 1.807) is 11.3 Å². The molecule has 20 heavy (non-hydrogen) atoms. The molecule has 1 aromatic heterocycles. The molecule has 0 aromatic carbocycles. The van der Waals surface area contributed by atoms with Crippen molar-refractivity contribution >= 4 is 17.2 Å². The SMILES string of the molecule is O=C(Cc1ccsc1)N[C@H]1COC[C@@H]1N1CCCCC1. The van der Waals surface area contributed by atoms with E-state index in [1.165, 1.54) is 19.3 Å². The summed E-state index contributed by atoms with van der Waals surface area (Å²) < 4.78 is 5.60. The van der Waals surface area contributed by atoms with Crippen LogP contribution in [-0.4, -0.2) is 49.2 Å². The van der Waals surface area contributed by atoms with Crippen molar-refractivity contribution in [3.63, 3.8) is 0 Å². The van der Waals surface area contributed by atoms with Crippen LogP contribution in [-0.2, 0) is 16.0 Å². The number of amides is 1. The van der Waals surface area contributed by atoms with Gasteiger partial charge in [0.2, 0.25) is 5.91 Å². The maximum Gasteiger partial charge on any atom is 0.224 e. The number of hydrogen-bond donors (Lipinski definition) is 1. The highest BCUT2D eigenvalue weighted by atomic mass is 32.1. The van der Waals surface area contributed by atoms with Gasteiger partial charge in [-0.05, 0) is 48.3 Å². The number of carbonyl (C=O) groups excluding carboxylic acids is 1. The second kappa shape index (κ2) is 6.70. The Kier molecular flexibility index (Phi) is 4.70. The summed E-state index contributed by atoms with van der Waals surface area (Å²) in [7, 11) is 0. The molecule has 110 valence electrons. The highest BCUT2D eigenvalue weighted by Gasteiger charge is 2.34. The number of rotatable bonds is 4. The van der Waals surface area contributed by atoms with Crippen LogP contribution in [0.3, 0.4) is 0 Å². The molecule has 2 atom stereocenters. The van der Waals surface area contributed by atoms with Gasteiger partial charge in [-0.15, -0.1) is 0 Å². The third kappa shape index (κ3) is 3.40. The van der Waals surface area contributed by atoms with Gasteiger partial charge in [-0.3, -0.25) is 9.69 Å². The van der Waals surface area contributed by atoms with Crippen LogP contribution in [0.4, 0.5) is 0 Å². The first kappa shape index (κ1) is 14.0. The standard InChI is InChI=1S/C15H22N2O2S/c18-15(8-12-4-7-20-11-12)16-13-9-19-10-14(13)17-5-2-1-3-6-17/h4,7,11,13-14H,1-3,5-6,8-10H2,(H,16,18)/t13-,14-/m0/s1. The summed E-state index contributed by atoms with van der Waals surface area (Å²) in [6.45, 7) is 3.69. The van der Waals surface area contributed by atoms with E-state index in [-0.39, 0.29) is 11.9 Å². The number of piperidine rings is 1. The topological polar surface area (TPSA) is 41.6 Å². The van der Waals surface area contributed by atoms with Crippen molar-refractivity contribution in [3.8, 4) is 0 Å². The van der Waals surface area contributed by atoms with E-state index < -0.39 is 0 Å². The second-order valence-electron chi connectivity index (χ2n) is 5.68. The highest BCUT2D eigenvalue weighted by Crippen LogP contribution is 2.19. The van der Waals surface area contributed by atoms with E-state index in [2.05, 4.69) is 10.2 Å². The van der Waals surface area contributed by atoms with Gasteiger partial charge in [-0.25, -0.2) is 0 Å². The summed E-state index contributed by atoms with van der Waals surface area (Å²) >= 11 is 1.63. The minimum Gasteiger partial charge on any atom is -0.378 e. The average Bonchev–Trinajstić information content (AvgIpc) is 3.11. The Balaban J connectivity index is 1.54. The van der Waals surface area contributed by atoms with Crippen molar-refractivity contribution in [3.05, 3.63) is 22.4 Å². The van der Waals surface area contributed by atoms with E-state index in [0.29, 0.717) is 19.1 Å². The van der Waals surface area contributed by atoms with Crippen molar-refractivity contribution in [1.82, 2.24) is 10.2 Å². The number of nitrogens with one attached hydrogen (secondary N) is 1. The van der Waals surface area contributed by atoms with Gasteiger partial charge in [0.05, 0.1) is 31.7 Å². The Hall–Kier alpha value is -0.910. The molecule has 2 aliphatic rings. The van der Waals surface area contributed by atoms with Crippen molar-refractivity contribution in [2.24, 2.45) is 0 Å². The number of nitrogens with zero attached hydrogens (tertiary/aromatic N) is 1. The lowest BCUT2D eigenvalue weighted by Crippen LogP contribution is -2.52. The van der Waals surface area contributed by atoms with Gasteiger partial charge < -0.3 is 10.1 Å². The highest BCUT2D eigenvalue weighted by molar-refractivity contribution is 7.07. The fourth-order valence-electron chi connectivity index (χ4n) is 3.13. The molecule has 4 nitrogen and oxygen atoms in total. The van der Waals surface area contributed by atoms with Crippen molar-refractivity contribution < 1.29 is 9.53 Å². The van der Waals surface area contributed by atoms with Gasteiger partial charge in [0.15, 0.2) is 0 Å². The smallest absolute Gasteiger partial charge is 0.224 e. The summed E-state index contributed by atoms with van der Waals surface area (Å²) in [4.78, 5) is 14.6. The fourth-order valence-corrected chi connectivity index (χ4v) is 3.80. The molecule has 1 amide bonds. The lowest BCUT2D eigenvalue weighted by atomic mass is 10.0. The molecule has 1 aromatic rings. The molecule has 0 radical (unpaired) electrons. The lowest BCUT2D eigenvalue weighted by molar-refractivity contribution is -0.121. The molecule has 3 rings (SSSR count). The number of carbonyl (C=O) groups is 1. The Morgan fingerprint density at radius 1 is 1.35 bits per heavy atom. The zero-order valence-corrected chi connectivity index (χ0v) is 12.5. The Labute approximate surface area is 124 Å². The Bertz CT molecular complexity index is 429. The van der Waals surface area contributed by atoms with Crippen LogP contribution < -0.4 is 5.32 Å². The molecule has 5 heteroatoms. The number of likely N-dealkylation sites (tertiary alicyclic amines) is 1. The minimum absolute atomic E-state index is 0.112. The van der Waals surface area contributed by atoms with Gasteiger partial charge in [0.1, 0.15) is 0 Å². The van der Waals surface area contributed by atoms with E-state index in [9.17, 15) is 4.79 Å². The maximum atomic E-state index is 12.1. The van der Waals surface area contributed by atoms with Crippen LogP contribution in [0.25, 0.3) is 0 Å². The summed E-state index contributed by atoms with van der Waals surface area (Å²) in [5.41, 5.74) is 1.10. The number of ether oxygens (including phenoxy) is 1. The molecular weight excluding hydrogens is 272 g/mol. The first-order chi connectivity index (χ1) is 9.83. The molecular formula is C15H22N2O2S. The molecule has 2 fully saturated rings. The molecule has 2 aliphatic heterocycles. The maximum absolute atomic E-state index is 12.1. The number of hydrogen-bond acceptors (Lipinski definition) is 4. The number of thiophene rings is 1. The summed E-state index contributed by atoms with van der Waals surface area (Å²) in [5, 5.41) is 7.21. The summed E-state index contributed by atoms with van der Waals surface area (Å²) in [5.74, 6) is 0.112. The van der Waals surface area contributed by atoms with Crippen LogP contribution in [0.1, 0.15) is 24.8 Å². The predicted molar refractivity (Wildman–Crippen MR) is 80.0 cm³/mol. The molecule has 1 N–H and O–H groups in total. The molecule has 2 saturated heterocycles. The van der Waals surface area contributed by atoms with Crippen LogP contribution in [0, 0.1) is 0 Å². The monoisotopic (exact) mass is 294 g/mol. The first-order valence-corrected chi connectivity index (χ1v) is 8.39. The van der Waals surface area contributed by atoms with Crippen molar-refractivity contribution in [2.75, 3.05) is 26.3 Å². The molecule has 0 bridgehead atoms. The van der Waals surface area contributed by atoms with Crippen LogP contribution in [0.2, 0.25) is 0 Å². The van der Waals surface area contributed by atoms with E-state index in [1.807, 2.05) is 16.8 Å². The molecule has 0 saturated carbocycles. The third-order valence-electron chi connectivity index (χ3n) is 4.20. The Morgan fingerprint density at radius 2 is 2.20 bits per heavy atom. The van der Waals surface area contributed by atoms with Crippen LogP contribution in [0.15, 0.2) is 16.8 Å². The molecule has 0 aliphatic carbocycles. The van der Waals surface area contributed by atoms with Gasteiger partial charge in [0.25, 0.3) is 0 Å². The van der Waals surface area contributed by atoms with Gasteiger partial charge in [-0.2, -0.15) is 11.3 Å². The molecule has 3 heterocycles. The molecule has 0 spiro atoms. The van der Waals surface area contributed by atoms with Crippen molar-refractivity contribution in [1.29, 1.82) is 0 Å². The second-order valence-corrected chi connectivity index (χ2v) is 6.46. The zero-order chi connectivity index (χ0) is 13.8. The van der Waals surface area contributed by atoms with Crippen molar-refractivity contribution in [2.45, 2.75) is 37.8 Å². The minimum atomic E-state index is 0.112.